The molecule has 108 valence electrons. The van der Waals surface area contributed by atoms with Crippen LogP contribution in [0.25, 0.3) is 0 Å². The second kappa shape index (κ2) is 7.50. The molecule has 2 N–H and O–H groups in total. The third-order valence-corrected chi connectivity index (χ3v) is 4.12. The van der Waals surface area contributed by atoms with E-state index < -0.39 is 10.0 Å². The molecule has 0 aliphatic rings. The van der Waals surface area contributed by atoms with Crippen LogP contribution < -0.4 is 10.0 Å². The van der Waals surface area contributed by atoms with Crippen molar-refractivity contribution >= 4 is 15.7 Å². The van der Waals surface area contributed by atoms with E-state index in [9.17, 15) is 8.42 Å². The third-order valence-electron chi connectivity index (χ3n) is 2.75. The zero-order valence-electron chi connectivity index (χ0n) is 11.9. The van der Waals surface area contributed by atoms with E-state index in [1.165, 1.54) is 0 Å². The summed E-state index contributed by atoms with van der Waals surface area (Å²) in [6.07, 6.45) is 1.51. The van der Waals surface area contributed by atoms with Crippen LogP contribution in [-0.2, 0) is 16.4 Å². The van der Waals surface area contributed by atoms with Gasteiger partial charge in [-0.25, -0.2) is 8.42 Å². The van der Waals surface area contributed by atoms with Gasteiger partial charge in [-0.05, 0) is 37.1 Å². The molecule has 0 amide bonds. The van der Waals surface area contributed by atoms with Crippen molar-refractivity contribution in [2.45, 2.75) is 39.7 Å². The molecule has 0 unspecified atom stereocenters. The maximum absolute atomic E-state index is 11.9. The van der Waals surface area contributed by atoms with Crippen molar-refractivity contribution in [2.24, 2.45) is 0 Å². The predicted octanol–water partition coefficient (Wildman–Crippen LogP) is 2.38. The summed E-state index contributed by atoms with van der Waals surface area (Å²) in [5.41, 5.74) is 1.78. The van der Waals surface area contributed by atoms with Gasteiger partial charge in [0.05, 0.1) is 5.75 Å². The number of sulfonamides is 1. The van der Waals surface area contributed by atoms with Crippen LogP contribution in [0.5, 0.6) is 0 Å². The van der Waals surface area contributed by atoms with E-state index in [2.05, 4.69) is 10.0 Å². The highest BCUT2D eigenvalue weighted by Crippen LogP contribution is 2.13. The average molecular weight is 284 g/mol. The van der Waals surface area contributed by atoms with Crippen molar-refractivity contribution in [1.29, 1.82) is 0 Å². The van der Waals surface area contributed by atoms with E-state index in [1.807, 2.05) is 39.0 Å². The Hall–Kier alpha value is -1.07. The number of aryl methyl sites for hydroxylation is 1. The van der Waals surface area contributed by atoms with Gasteiger partial charge in [0.1, 0.15) is 0 Å². The van der Waals surface area contributed by atoms with Crippen LogP contribution in [0.1, 0.15) is 32.8 Å². The molecule has 0 aliphatic carbocycles. The van der Waals surface area contributed by atoms with Crippen LogP contribution in [0, 0.1) is 0 Å². The molecular weight excluding hydrogens is 260 g/mol. The normalized spacial score (nSPS) is 11.8. The fourth-order valence-corrected chi connectivity index (χ4v) is 2.85. The second-order valence-electron chi connectivity index (χ2n) is 4.94. The summed E-state index contributed by atoms with van der Waals surface area (Å²) in [5.74, 6) is 0.142. The van der Waals surface area contributed by atoms with Crippen LogP contribution in [0.4, 0.5) is 5.69 Å². The fraction of sp³-hybridized carbons (Fsp3) is 0.571. The molecule has 0 heterocycles. The molecule has 0 spiro atoms. The number of rotatable bonds is 8. The summed E-state index contributed by atoms with van der Waals surface area (Å²) in [6, 6.07) is 7.91. The Morgan fingerprint density at radius 3 is 2.63 bits per heavy atom. The van der Waals surface area contributed by atoms with Crippen LogP contribution >= 0.6 is 0 Å². The highest BCUT2D eigenvalue weighted by Gasteiger charge is 2.10. The minimum Gasteiger partial charge on any atom is -0.314 e. The lowest BCUT2D eigenvalue weighted by molar-refractivity contribution is 0.571. The van der Waals surface area contributed by atoms with E-state index in [-0.39, 0.29) is 5.75 Å². The molecule has 1 aromatic carbocycles. The Morgan fingerprint density at radius 2 is 2.00 bits per heavy atom. The van der Waals surface area contributed by atoms with Crippen LogP contribution in [0.3, 0.4) is 0 Å². The summed E-state index contributed by atoms with van der Waals surface area (Å²) < 4.78 is 26.4. The van der Waals surface area contributed by atoms with Gasteiger partial charge >= 0.3 is 0 Å². The monoisotopic (exact) mass is 284 g/mol. The fourth-order valence-electron chi connectivity index (χ4n) is 1.74. The van der Waals surface area contributed by atoms with Gasteiger partial charge in [-0.2, -0.15) is 0 Å². The molecule has 0 aliphatic heterocycles. The lowest BCUT2D eigenvalue weighted by Gasteiger charge is -2.10. The van der Waals surface area contributed by atoms with Gasteiger partial charge in [0, 0.05) is 11.7 Å². The molecule has 19 heavy (non-hydrogen) atoms. The smallest absolute Gasteiger partial charge is 0.232 e. The summed E-state index contributed by atoms with van der Waals surface area (Å²) >= 11 is 0. The van der Waals surface area contributed by atoms with Crippen molar-refractivity contribution in [3.05, 3.63) is 29.8 Å². The van der Waals surface area contributed by atoms with Gasteiger partial charge in [-0.1, -0.05) is 32.9 Å². The zero-order valence-corrected chi connectivity index (χ0v) is 12.8. The lowest BCUT2D eigenvalue weighted by Crippen LogP contribution is -2.26. The second-order valence-corrected chi connectivity index (χ2v) is 6.78. The molecule has 5 heteroatoms. The van der Waals surface area contributed by atoms with Gasteiger partial charge in [-0.3, -0.25) is 4.72 Å². The Kier molecular flexibility index (Phi) is 6.31. The lowest BCUT2D eigenvalue weighted by atomic mass is 10.1. The third kappa shape index (κ3) is 6.59. The molecule has 4 nitrogen and oxygen atoms in total. The van der Waals surface area contributed by atoms with Crippen molar-refractivity contribution < 1.29 is 8.42 Å². The molecule has 1 aromatic rings. The number of hydrogen-bond acceptors (Lipinski definition) is 3. The van der Waals surface area contributed by atoms with Crippen molar-refractivity contribution in [3.63, 3.8) is 0 Å². The zero-order chi connectivity index (χ0) is 14.3. The van der Waals surface area contributed by atoms with E-state index in [1.54, 1.807) is 6.07 Å². The summed E-state index contributed by atoms with van der Waals surface area (Å²) in [4.78, 5) is 0. The van der Waals surface area contributed by atoms with Crippen molar-refractivity contribution in [1.82, 2.24) is 5.32 Å². The topological polar surface area (TPSA) is 58.2 Å². The largest absolute Gasteiger partial charge is 0.314 e. The molecule has 0 saturated carbocycles. The van der Waals surface area contributed by atoms with E-state index in [0.29, 0.717) is 24.7 Å². The SMILES string of the molecule is CCc1cccc(NS(=O)(=O)CCCNC(C)C)c1. The first-order chi connectivity index (χ1) is 8.93. The van der Waals surface area contributed by atoms with E-state index in [4.69, 9.17) is 0 Å². The van der Waals surface area contributed by atoms with E-state index in [0.717, 1.165) is 12.0 Å². The van der Waals surface area contributed by atoms with Crippen molar-refractivity contribution in [2.75, 3.05) is 17.0 Å². The number of benzene rings is 1. The highest BCUT2D eigenvalue weighted by atomic mass is 32.2. The summed E-state index contributed by atoms with van der Waals surface area (Å²) in [6.45, 7) is 6.85. The standard InChI is InChI=1S/C14H24N2O2S/c1-4-13-7-5-8-14(11-13)16-19(17,18)10-6-9-15-12(2)3/h5,7-8,11-12,15-16H,4,6,9-10H2,1-3H3. The first-order valence-corrected chi connectivity index (χ1v) is 8.41. The van der Waals surface area contributed by atoms with Crippen molar-refractivity contribution in [3.8, 4) is 0 Å². The summed E-state index contributed by atoms with van der Waals surface area (Å²) in [7, 11) is -3.25. The van der Waals surface area contributed by atoms with Gasteiger partial charge in [0.25, 0.3) is 0 Å². The first kappa shape index (κ1) is 16.0. The molecule has 0 radical (unpaired) electrons. The number of nitrogens with one attached hydrogen (secondary N) is 2. The minimum atomic E-state index is -3.25. The van der Waals surface area contributed by atoms with Crippen LogP contribution in [0.15, 0.2) is 24.3 Å². The van der Waals surface area contributed by atoms with Gasteiger partial charge < -0.3 is 5.32 Å². The Morgan fingerprint density at radius 1 is 1.26 bits per heavy atom. The van der Waals surface area contributed by atoms with E-state index >= 15 is 0 Å². The quantitative estimate of drug-likeness (QED) is 0.721. The van der Waals surface area contributed by atoms with Gasteiger partial charge in [0.2, 0.25) is 10.0 Å². The highest BCUT2D eigenvalue weighted by molar-refractivity contribution is 7.92. The molecule has 0 bridgehead atoms. The maximum atomic E-state index is 11.9. The van der Waals surface area contributed by atoms with Crippen LogP contribution in [0.2, 0.25) is 0 Å². The number of anilines is 1. The van der Waals surface area contributed by atoms with Crippen LogP contribution in [-0.4, -0.2) is 26.8 Å². The first-order valence-electron chi connectivity index (χ1n) is 6.76. The molecule has 0 saturated heterocycles. The maximum Gasteiger partial charge on any atom is 0.232 e. The Bertz CT molecular complexity index is 484. The minimum absolute atomic E-state index is 0.142. The predicted molar refractivity (Wildman–Crippen MR) is 81.0 cm³/mol. The molecule has 0 fully saturated rings. The Balaban J connectivity index is 2.49. The summed E-state index contributed by atoms with van der Waals surface area (Å²) in [5, 5.41) is 3.21. The molecule has 0 atom stereocenters. The molecule has 1 rings (SSSR count). The molecule has 0 aromatic heterocycles. The Labute approximate surface area is 116 Å². The number of hydrogen-bond donors (Lipinski definition) is 2. The molecular formula is C14H24N2O2S. The van der Waals surface area contributed by atoms with Gasteiger partial charge in [-0.15, -0.1) is 0 Å². The van der Waals surface area contributed by atoms with Gasteiger partial charge in [0.15, 0.2) is 0 Å². The average Bonchev–Trinajstić information content (AvgIpc) is 2.34.